The van der Waals surface area contributed by atoms with Crippen LogP contribution in [0.15, 0.2) is 48.5 Å². The van der Waals surface area contributed by atoms with Gasteiger partial charge in [-0.15, -0.1) is 0 Å². The number of hydrogen-bond acceptors (Lipinski definition) is 6. The van der Waals surface area contributed by atoms with Crippen molar-refractivity contribution in [3.63, 3.8) is 0 Å². The Morgan fingerprint density at radius 1 is 1.11 bits per heavy atom. The Hall–Kier alpha value is -2.86. The third kappa shape index (κ3) is 4.51. The van der Waals surface area contributed by atoms with Crippen LogP contribution in [-0.4, -0.2) is 42.9 Å². The van der Waals surface area contributed by atoms with Gasteiger partial charge in [0.05, 0.1) is 18.7 Å². The topological polar surface area (TPSA) is 68.3 Å². The lowest BCUT2D eigenvalue weighted by Crippen LogP contribution is -2.19. The molecule has 2 heterocycles. The van der Waals surface area contributed by atoms with Gasteiger partial charge in [-0.3, -0.25) is 0 Å². The van der Waals surface area contributed by atoms with Crippen LogP contribution in [0.3, 0.4) is 0 Å². The van der Waals surface area contributed by atoms with E-state index in [1.165, 1.54) is 5.56 Å². The van der Waals surface area contributed by atoms with E-state index < -0.39 is 0 Å². The van der Waals surface area contributed by atoms with E-state index in [0.717, 1.165) is 61.4 Å². The van der Waals surface area contributed by atoms with Gasteiger partial charge in [0.1, 0.15) is 11.6 Å². The van der Waals surface area contributed by atoms with Gasteiger partial charge in [-0.05, 0) is 49.1 Å². The number of ether oxygens (including phenoxy) is 2. The molecule has 2 aromatic carbocycles. The van der Waals surface area contributed by atoms with Crippen molar-refractivity contribution in [1.29, 1.82) is 0 Å². The van der Waals surface area contributed by atoms with E-state index in [0.29, 0.717) is 5.95 Å². The molecule has 1 fully saturated rings. The summed E-state index contributed by atoms with van der Waals surface area (Å²) in [4.78, 5) is 9.38. The summed E-state index contributed by atoms with van der Waals surface area (Å²) in [5.41, 5.74) is 2.14. The monoisotopic (exact) mass is 378 g/mol. The fourth-order valence-corrected chi connectivity index (χ4v) is 3.45. The van der Waals surface area contributed by atoms with Crippen LogP contribution < -0.4 is 15.4 Å². The number of fused-ring (bicyclic) bond motifs is 1. The molecule has 1 unspecified atom stereocenters. The maximum absolute atomic E-state index is 5.72. The third-order valence-corrected chi connectivity index (χ3v) is 4.96. The smallest absolute Gasteiger partial charge is 0.225 e. The highest BCUT2D eigenvalue weighted by Crippen LogP contribution is 2.23. The summed E-state index contributed by atoms with van der Waals surface area (Å²) in [7, 11) is 1.69. The minimum atomic E-state index is 0.262. The van der Waals surface area contributed by atoms with Crippen molar-refractivity contribution in [2.24, 2.45) is 0 Å². The van der Waals surface area contributed by atoms with Gasteiger partial charge < -0.3 is 20.1 Å². The van der Waals surface area contributed by atoms with E-state index in [1.54, 1.807) is 7.11 Å². The molecular weight excluding hydrogens is 352 g/mol. The van der Waals surface area contributed by atoms with Crippen molar-refractivity contribution in [3.8, 4) is 5.75 Å². The second-order valence-electron chi connectivity index (χ2n) is 6.96. The number of hydrogen-bond donors (Lipinski definition) is 2. The summed E-state index contributed by atoms with van der Waals surface area (Å²) >= 11 is 0. The van der Waals surface area contributed by atoms with Gasteiger partial charge in [0.25, 0.3) is 0 Å². The summed E-state index contributed by atoms with van der Waals surface area (Å²) in [6.45, 7) is 2.37. The van der Waals surface area contributed by atoms with Crippen LogP contribution in [-0.2, 0) is 11.2 Å². The molecule has 1 aliphatic rings. The molecule has 1 aromatic heterocycles. The molecule has 0 saturated carbocycles. The molecule has 1 saturated heterocycles. The fourth-order valence-electron chi connectivity index (χ4n) is 3.45. The predicted molar refractivity (Wildman–Crippen MR) is 112 cm³/mol. The minimum absolute atomic E-state index is 0.262. The Morgan fingerprint density at radius 3 is 2.89 bits per heavy atom. The molecular formula is C22H26N4O2. The summed E-state index contributed by atoms with van der Waals surface area (Å²) in [5, 5.41) is 7.84. The number of nitrogens with one attached hydrogen (secondary N) is 2. The first-order valence-electron chi connectivity index (χ1n) is 9.81. The van der Waals surface area contributed by atoms with Crippen LogP contribution in [0.1, 0.15) is 18.4 Å². The summed E-state index contributed by atoms with van der Waals surface area (Å²) < 4.78 is 11.0. The highest BCUT2D eigenvalue weighted by Gasteiger charge is 2.16. The van der Waals surface area contributed by atoms with Crippen molar-refractivity contribution in [3.05, 3.63) is 54.1 Å². The normalized spacial score (nSPS) is 16.2. The van der Waals surface area contributed by atoms with Gasteiger partial charge in [-0.25, -0.2) is 4.98 Å². The zero-order valence-corrected chi connectivity index (χ0v) is 16.1. The van der Waals surface area contributed by atoms with Gasteiger partial charge in [-0.1, -0.05) is 24.3 Å². The van der Waals surface area contributed by atoms with E-state index in [4.69, 9.17) is 14.5 Å². The number of anilines is 2. The SMILES string of the molecule is COc1cccc(CCNc2nc(NCC3CCCO3)c3ccccc3n2)c1. The lowest BCUT2D eigenvalue weighted by atomic mass is 10.1. The van der Waals surface area contributed by atoms with Crippen LogP contribution in [0, 0.1) is 0 Å². The molecule has 6 nitrogen and oxygen atoms in total. The molecule has 0 amide bonds. The number of aromatic nitrogens is 2. The van der Waals surface area contributed by atoms with E-state index in [2.05, 4.69) is 27.8 Å². The molecule has 0 radical (unpaired) electrons. The maximum atomic E-state index is 5.72. The van der Waals surface area contributed by atoms with Gasteiger partial charge in [-0.2, -0.15) is 4.98 Å². The maximum Gasteiger partial charge on any atom is 0.225 e. The van der Waals surface area contributed by atoms with Crippen molar-refractivity contribution in [2.75, 3.05) is 37.4 Å². The average molecular weight is 378 g/mol. The Morgan fingerprint density at radius 2 is 2.04 bits per heavy atom. The fraction of sp³-hybridized carbons (Fsp3) is 0.364. The first-order chi connectivity index (χ1) is 13.8. The molecule has 146 valence electrons. The van der Waals surface area contributed by atoms with Crippen LogP contribution in [0.25, 0.3) is 10.9 Å². The second kappa shape index (κ2) is 8.89. The highest BCUT2D eigenvalue weighted by molar-refractivity contribution is 5.90. The summed E-state index contributed by atoms with van der Waals surface area (Å²) in [6, 6.07) is 16.2. The molecule has 1 atom stereocenters. The summed E-state index contributed by atoms with van der Waals surface area (Å²) in [5.74, 6) is 2.36. The lowest BCUT2D eigenvalue weighted by Gasteiger charge is -2.14. The molecule has 0 aliphatic carbocycles. The molecule has 4 rings (SSSR count). The molecule has 0 bridgehead atoms. The van der Waals surface area contributed by atoms with Crippen molar-refractivity contribution in [1.82, 2.24) is 9.97 Å². The number of rotatable bonds is 8. The first-order valence-corrected chi connectivity index (χ1v) is 9.81. The largest absolute Gasteiger partial charge is 0.497 e. The highest BCUT2D eigenvalue weighted by atomic mass is 16.5. The molecule has 2 N–H and O–H groups in total. The number of para-hydroxylation sites is 1. The minimum Gasteiger partial charge on any atom is -0.497 e. The lowest BCUT2D eigenvalue weighted by molar-refractivity contribution is 0.120. The van der Waals surface area contributed by atoms with Crippen LogP contribution in [0.2, 0.25) is 0 Å². The summed E-state index contributed by atoms with van der Waals surface area (Å²) in [6.07, 6.45) is 3.36. The zero-order chi connectivity index (χ0) is 19.2. The van der Waals surface area contributed by atoms with E-state index >= 15 is 0 Å². The van der Waals surface area contributed by atoms with Crippen molar-refractivity contribution < 1.29 is 9.47 Å². The molecule has 28 heavy (non-hydrogen) atoms. The number of benzene rings is 2. The Bertz CT molecular complexity index is 925. The predicted octanol–water partition coefficient (Wildman–Crippen LogP) is 3.88. The van der Waals surface area contributed by atoms with Gasteiger partial charge >= 0.3 is 0 Å². The van der Waals surface area contributed by atoms with Gasteiger partial charge in [0.15, 0.2) is 0 Å². The number of methoxy groups -OCH3 is 1. The quantitative estimate of drug-likeness (QED) is 0.620. The van der Waals surface area contributed by atoms with E-state index in [9.17, 15) is 0 Å². The standard InChI is InChI=1S/C22H26N4O2/c1-27-17-7-4-6-16(14-17)11-12-23-22-25-20-10-3-2-9-19(20)21(26-22)24-15-18-8-5-13-28-18/h2-4,6-7,9-10,14,18H,5,8,11-13,15H2,1H3,(H2,23,24,25,26). The van der Waals surface area contributed by atoms with Gasteiger partial charge in [0.2, 0.25) is 5.95 Å². The second-order valence-corrected chi connectivity index (χ2v) is 6.96. The Balaban J connectivity index is 1.45. The Kier molecular flexibility index (Phi) is 5.87. The first kappa shape index (κ1) is 18.5. The number of nitrogens with zero attached hydrogens (tertiary/aromatic N) is 2. The molecule has 1 aliphatic heterocycles. The van der Waals surface area contributed by atoms with Crippen LogP contribution in [0.5, 0.6) is 5.75 Å². The van der Waals surface area contributed by atoms with Gasteiger partial charge in [0, 0.05) is 25.1 Å². The molecule has 6 heteroatoms. The van der Waals surface area contributed by atoms with Crippen LogP contribution >= 0.6 is 0 Å². The van der Waals surface area contributed by atoms with Crippen molar-refractivity contribution in [2.45, 2.75) is 25.4 Å². The Labute approximate surface area is 165 Å². The van der Waals surface area contributed by atoms with E-state index in [-0.39, 0.29) is 6.10 Å². The van der Waals surface area contributed by atoms with E-state index in [1.807, 2.05) is 36.4 Å². The third-order valence-electron chi connectivity index (χ3n) is 4.96. The zero-order valence-electron chi connectivity index (χ0n) is 16.1. The molecule has 3 aromatic rings. The van der Waals surface area contributed by atoms with Crippen LogP contribution in [0.4, 0.5) is 11.8 Å². The average Bonchev–Trinajstić information content (AvgIpc) is 3.26. The molecule has 0 spiro atoms. The van der Waals surface area contributed by atoms with Crippen molar-refractivity contribution >= 4 is 22.7 Å².